The minimum absolute atomic E-state index is 0.0552. The van der Waals surface area contributed by atoms with E-state index in [-0.39, 0.29) is 18.0 Å². The average molecular weight is 359 g/mol. The molecular formula is C20H25NO5. The van der Waals surface area contributed by atoms with E-state index in [0.717, 1.165) is 31.4 Å². The first-order valence-corrected chi connectivity index (χ1v) is 8.72. The second-order valence-electron chi connectivity index (χ2n) is 6.17. The Morgan fingerprint density at radius 2 is 1.88 bits per heavy atom. The number of hydrogen-bond acceptors (Lipinski definition) is 4. The van der Waals surface area contributed by atoms with Crippen LogP contribution in [0.3, 0.4) is 0 Å². The quantitative estimate of drug-likeness (QED) is 0.631. The Morgan fingerprint density at radius 3 is 2.50 bits per heavy atom. The molecule has 26 heavy (non-hydrogen) atoms. The highest BCUT2D eigenvalue weighted by Gasteiger charge is 2.14. The molecule has 0 saturated carbocycles. The minimum atomic E-state index is -1.03. The van der Waals surface area contributed by atoms with Crippen LogP contribution >= 0.6 is 0 Å². The molecule has 0 atom stereocenters. The van der Waals surface area contributed by atoms with Crippen LogP contribution in [0.25, 0.3) is 0 Å². The first kappa shape index (κ1) is 19.6. The number of aromatic carboxylic acids is 1. The highest BCUT2D eigenvalue weighted by atomic mass is 16.5. The zero-order valence-electron chi connectivity index (χ0n) is 15.2. The van der Waals surface area contributed by atoms with Crippen LogP contribution in [0, 0.1) is 6.92 Å². The van der Waals surface area contributed by atoms with Crippen molar-refractivity contribution in [3.05, 3.63) is 53.0 Å². The van der Waals surface area contributed by atoms with Crippen LogP contribution in [-0.2, 0) is 17.8 Å². The Labute approximate surface area is 153 Å². The molecule has 0 aliphatic heterocycles. The van der Waals surface area contributed by atoms with Gasteiger partial charge in [-0.1, -0.05) is 18.6 Å². The molecule has 0 radical (unpaired) electrons. The third-order valence-corrected chi connectivity index (χ3v) is 4.19. The van der Waals surface area contributed by atoms with Crippen molar-refractivity contribution in [3.8, 4) is 5.75 Å². The van der Waals surface area contributed by atoms with E-state index in [4.69, 9.17) is 14.3 Å². The number of hydrogen-bond donors (Lipinski definition) is 2. The third-order valence-electron chi connectivity index (χ3n) is 4.19. The number of carbonyl (C=O) groups is 2. The number of amides is 1. The second-order valence-corrected chi connectivity index (χ2v) is 6.17. The summed E-state index contributed by atoms with van der Waals surface area (Å²) in [6.45, 7) is 1.80. The van der Waals surface area contributed by atoms with Crippen LogP contribution in [0.15, 0.2) is 34.7 Å². The Balaban J connectivity index is 1.61. The molecule has 6 nitrogen and oxygen atoms in total. The summed E-state index contributed by atoms with van der Waals surface area (Å²) in [4.78, 5) is 22.8. The lowest BCUT2D eigenvalue weighted by atomic mass is 10.1. The number of unbranched alkanes of at least 4 members (excludes halogenated alkanes) is 2. The normalized spacial score (nSPS) is 10.5. The van der Waals surface area contributed by atoms with E-state index in [9.17, 15) is 9.59 Å². The van der Waals surface area contributed by atoms with Gasteiger partial charge in [0.2, 0.25) is 5.91 Å². The molecule has 6 heteroatoms. The fourth-order valence-electron chi connectivity index (χ4n) is 2.70. The summed E-state index contributed by atoms with van der Waals surface area (Å²) < 4.78 is 10.5. The molecule has 1 aromatic carbocycles. The Kier molecular flexibility index (Phi) is 7.26. The SMILES string of the molecule is COc1ccc(CCCCCC(=O)NCc2cc(C(=O)O)c(C)o2)cc1. The van der Waals surface area contributed by atoms with E-state index < -0.39 is 5.97 Å². The van der Waals surface area contributed by atoms with Gasteiger partial charge in [-0.25, -0.2) is 4.79 Å². The van der Waals surface area contributed by atoms with Crippen molar-refractivity contribution in [1.29, 1.82) is 0 Å². The fraction of sp³-hybridized carbons (Fsp3) is 0.400. The number of aryl methyl sites for hydroxylation is 2. The van der Waals surface area contributed by atoms with E-state index in [1.165, 1.54) is 11.6 Å². The topological polar surface area (TPSA) is 88.8 Å². The van der Waals surface area contributed by atoms with Gasteiger partial charge in [0.05, 0.1) is 13.7 Å². The van der Waals surface area contributed by atoms with Crippen molar-refractivity contribution in [2.45, 2.75) is 45.6 Å². The number of carboxylic acid groups (broad SMARTS) is 1. The lowest BCUT2D eigenvalue weighted by molar-refractivity contribution is -0.121. The van der Waals surface area contributed by atoms with Gasteiger partial charge in [-0.2, -0.15) is 0 Å². The molecule has 1 heterocycles. The number of ether oxygens (including phenoxy) is 1. The van der Waals surface area contributed by atoms with Gasteiger partial charge in [-0.15, -0.1) is 0 Å². The maximum absolute atomic E-state index is 11.9. The maximum Gasteiger partial charge on any atom is 0.339 e. The number of benzene rings is 1. The predicted molar refractivity (Wildman–Crippen MR) is 97.4 cm³/mol. The summed E-state index contributed by atoms with van der Waals surface area (Å²) >= 11 is 0. The van der Waals surface area contributed by atoms with Gasteiger partial charge in [0.15, 0.2) is 0 Å². The van der Waals surface area contributed by atoms with E-state index in [1.54, 1.807) is 14.0 Å². The Hall–Kier alpha value is -2.76. The maximum atomic E-state index is 11.9. The van der Waals surface area contributed by atoms with Crippen LogP contribution in [0.2, 0.25) is 0 Å². The number of carboxylic acids is 1. The highest BCUT2D eigenvalue weighted by Crippen LogP contribution is 2.15. The second kappa shape index (κ2) is 9.65. The van der Waals surface area contributed by atoms with Crippen molar-refractivity contribution in [1.82, 2.24) is 5.32 Å². The molecule has 0 fully saturated rings. The third kappa shape index (κ3) is 5.95. The van der Waals surface area contributed by atoms with E-state index in [2.05, 4.69) is 17.4 Å². The molecule has 2 N–H and O–H groups in total. The number of methoxy groups -OCH3 is 1. The Bertz CT molecular complexity index is 733. The minimum Gasteiger partial charge on any atom is -0.497 e. The molecule has 0 spiro atoms. The molecule has 0 unspecified atom stereocenters. The molecular weight excluding hydrogens is 334 g/mol. The molecule has 0 aliphatic carbocycles. The number of furan rings is 1. The fourth-order valence-corrected chi connectivity index (χ4v) is 2.70. The first-order chi connectivity index (χ1) is 12.5. The van der Waals surface area contributed by atoms with Gasteiger partial charge >= 0.3 is 5.97 Å². The van der Waals surface area contributed by atoms with Crippen LogP contribution in [0.4, 0.5) is 0 Å². The molecule has 140 valence electrons. The Morgan fingerprint density at radius 1 is 1.15 bits per heavy atom. The molecule has 2 aromatic rings. The van der Waals surface area contributed by atoms with Crippen molar-refractivity contribution < 1.29 is 23.8 Å². The van der Waals surface area contributed by atoms with Gasteiger partial charge in [0.1, 0.15) is 22.8 Å². The molecule has 1 amide bonds. The number of nitrogens with one attached hydrogen (secondary N) is 1. The van der Waals surface area contributed by atoms with Crippen molar-refractivity contribution >= 4 is 11.9 Å². The van der Waals surface area contributed by atoms with E-state index in [0.29, 0.717) is 17.9 Å². The first-order valence-electron chi connectivity index (χ1n) is 8.72. The predicted octanol–water partition coefficient (Wildman–Crippen LogP) is 3.71. The van der Waals surface area contributed by atoms with Crippen LogP contribution in [-0.4, -0.2) is 24.1 Å². The zero-order chi connectivity index (χ0) is 18.9. The van der Waals surface area contributed by atoms with Gasteiger partial charge < -0.3 is 19.6 Å². The number of carbonyl (C=O) groups excluding carboxylic acids is 1. The van der Waals surface area contributed by atoms with E-state index >= 15 is 0 Å². The lowest BCUT2D eigenvalue weighted by Gasteiger charge is -2.05. The largest absolute Gasteiger partial charge is 0.497 e. The smallest absolute Gasteiger partial charge is 0.339 e. The van der Waals surface area contributed by atoms with Gasteiger partial charge in [-0.05, 0) is 49.9 Å². The monoisotopic (exact) mass is 359 g/mol. The van der Waals surface area contributed by atoms with Crippen molar-refractivity contribution in [2.24, 2.45) is 0 Å². The van der Waals surface area contributed by atoms with Crippen LogP contribution in [0.5, 0.6) is 5.75 Å². The summed E-state index contributed by atoms with van der Waals surface area (Å²) in [6.07, 6.45) is 4.25. The van der Waals surface area contributed by atoms with Crippen LogP contribution in [0.1, 0.15) is 53.1 Å². The molecule has 0 aliphatic rings. The summed E-state index contributed by atoms with van der Waals surface area (Å²) in [7, 11) is 1.65. The standard InChI is InChI=1S/C20H25NO5/c1-14-18(20(23)24)12-17(26-14)13-21-19(22)7-5-3-4-6-15-8-10-16(25-2)11-9-15/h8-12H,3-7,13H2,1-2H3,(H,21,22)(H,23,24). The summed E-state index contributed by atoms with van der Waals surface area (Å²) in [5, 5.41) is 11.7. The van der Waals surface area contributed by atoms with Crippen molar-refractivity contribution in [2.75, 3.05) is 7.11 Å². The molecule has 0 bridgehead atoms. The molecule has 1 aromatic heterocycles. The lowest BCUT2D eigenvalue weighted by Crippen LogP contribution is -2.22. The summed E-state index contributed by atoms with van der Waals surface area (Å²) in [6, 6.07) is 9.47. The van der Waals surface area contributed by atoms with Gasteiger partial charge in [0, 0.05) is 6.42 Å². The molecule has 2 rings (SSSR count). The van der Waals surface area contributed by atoms with Gasteiger partial charge in [-0.3, -0.25) is 4.79 Å². The summed E-state index contributed by atoms with van der Waals surface area (Å²) in [5.74, 6) is 0.571. The highest BCUT2D eigenvalue weighted by molar-refractivity contribution is 5.88. The summed E-state index contributed by atoms with van der Waals surface area (Å²) in [5.41, 5.74) is 1.39. The molecule has 0 saturated heterocycles. The van der Waals surface area contributed by atoms with Crippen molar-refractivity contribution in [3.63, 3.8) is 0 Å². The van der Waals surface area contributed by atoms with Crippen LogP contribution < -0.4 is 10.1 Å². The van der Waals surface area contributed by atoms with E-state index in [1.807, 2.05) is 12.1 Å². The van der Waals surface area contributed by atoms with Gasteiger partial charge in [0.25, 0.3) is 0 Å². The average Bonchev–Trinajstić information content (AvgIpc) is 3.01. The number of rotatable bonds is 10. The zero-order valence-corrected chi connectivity index (χ0v) is 15.2.